The number of hydrogen-bond donors (Lipinski definition) is 3. The van der Waals surface area contributed by atoms with Crippen molar-refractivity contribution in [3.63, 3.8) is 0 Å². The van der Waals surface area contributed by atoms with Gasteiger partial charge in [-0.25, -0.2) is 9.78 Å². The molecule has 1 aliphatic rings. The van der Waals surface area contributed by atoms with Gasteiger partial charge < -0.3 is 10.1 Å². The van der Waals surface area contributed by atoms with E-state index in [2.05, 4.69) is 37.7 Å². The van der Waals surface area contributed by atoms with Gasteiger partial charge in [-0.1, -0.05) is 11.8 Å². The Balaban J connectivity index is 1.89. The number of benzene rings is 1. The van der Waals surface area contributed by atoms with E-state index in [1.807, 2.05) is 0 Å². The molecule has 8 heteroatoms. The molecular weight excluding hydrogens is 286 g/mol. The van der Waals surface area contributed by atoms with E-state index in [0.29, 0.717) is 17.1 Å². The summed E-state index contributed by atoms with van der Waals surface area (Å²) in [4.78, 5) is 26.5. The van der Waals surface area contributed by atoms with Gasteiger partial charge in [0.25, 0.3) is 5.91 Å². The van der Waals surface area contributed by atoms with Gasteiger partial charge in [0.15, 0.2) is 11.9 Å². The molecule has 0 spiro atoms. The van der Waals surface area contributed by atoms with E-state index in [9.17, 15) is 9.59 Å². The summed E-state index contributed by atoms with van der Waals surface area (Å²) in [6, 6.07) is 3.92. The van der Waals surface area contributed by atoms with Gasteiger partial charge in [0, 0.05) is 5.56 Å². The molecule has 1 fully saturated rings. The predicted octanol–water partition coefficient (Wildman–Crippen LogP) is 0.0398. The maximum Gasteiger partial charge on any atom is 0.322 e. The van der Waals surface area contributed by atoms with Crippen molar-refractivity contribution in [3.8, 4) is 29.0 Å². The molecule has 0 aliphatic carbocycles. The average molecular weight is 297 g/mol. The van der Waals surface area contributed by atoms with Crippen LogP contribution in [0.4, 0.5) is 4.79 Å². The number of methoxy groups -OCH3 is 1. The van der Waals surface area contributed by atoms with Crippen LogP contribution in [0.2, 0.25) is 0 Å². The molecule has 3 amide bonds. The largest absolute Gasteiger partial charge is 0.495 e. The number of ether oxygens (including phenoxy) is 1. The van der Waals surface area contributed by atoms with Crippen molar-refractivity contribution in [2.45, 2.75) is 6.04 Å². The van der Waals surface area contributed by atoms with Crippen LogP contribution in [-0.4, -0.2) is 40.3 Å². The summed E-state index contributed by atoms with van der Waals surface area (Å²) >= 11 is 0. The van der Waals surface area contributed by atoms with Gasteiger partial charge in [-0.3, -0.25) is 15.2 Å². The molecule has 1 unspecified atom stereocenters. The number of hydrogen-bond acceptors (Lipinski definition) is 5. The molecule has 3 rings (SSSR count). The fourth-order valence-electron chi connectivity index (χ4n) is 1.95. The minimum Gasteiger partial charge on any atom is -0.495 e. The van der Waals surface area contributed by atoms with E-state index >= 15 is 0 Å². The number of carbonyl (C=O) groups excluding carboxylic acids is 2. The Morgan fingerprint density at radius 2 is 2.18 bits per heavy atom. The van der Waals surface area contributed by atoms with Gasteiger partial charge in [-0.2, -0.15) is 5.10 Å². The zero-order chi connectivity index (χ0) is 15.5. The Bertz CT molecular complexity index is 789. The first-order valence-corrected chi connectivity index (χ1v) is 6.34. The molecule has 2 aromatic rings. The second-order valence-corrected chi connectivity index (χ2v) is 4.41. The van der Waals surface area contributed by atoms with Crippen molar-refractivity contribution in [1.29, 1.82) is 0 Å². The Labute approximate surface area is 125 Å². The first-order valence-electron chi connectivity index (χ1n) is 6.34. The van der Waals surface area contributed by atoms with Crippen molar-refractivity contribution < 1.29 is 14.3 Å². The maximum atomic E-state index is 11.4. The van der Waals surface area contributed by atoms with E-state index in [1.54, 1.807) is 18.2 Å². The second-order valence-electron chi connectivity index (χ2n) is 4.41. The average Bonchev–Trinajstić information content (AvgIpc) is 3.15. The molecule has 1 atom stereocenters. The number of amides is 3. The number of imide groups is 1. The van der Waals surface area contributed by atoms with Crippen LogP contribution in [0.1, 0.15) is 5.56 Å². The molecule has 0 bridgehead atoms. The number of H-pyrrole nitrogens is 1. The molecule has 22 heavy (non-hydrogen) atoms. The highest BCUT2D eigenvalue weighted by Crippen LogP contribution is 2.24. The highest BCUT2D eigenvalue weighted by atomic mass is 16.5. The number of carbonyl (C=O) groups is 2. The van der Waals surface area contributed by atoms with E-state index in [1.165, 1.54) is 13.4 Å². The van der Waals surface area contributed by atoms with Crippen LogP contribution >= 0.6 is 0 Å². The fourth-order valence-corrected chi connectivity index (χ4v) is 1.95. The fraction of sp³-hybridized carbons (Fsp3) is 0.143. The normalized spacial score (nSPS) is 16.5. The summed E-state index contributed by atoms with van der Waals surface area (Å²) in [5, 5.41) is 11.1. The van der Waals surface area contributed by atoms with Crippen LogP contribution in [0.25, 0.3) is 11.4 Å². The lowest BCUT2D eigenvalue weighted by Gasteiger charge is -2.05. The lowest BCUT2D eigenvalue weighted by molar-refractivity contribution is -0.119. The number of aromatic nitrogens is 3. The Morgan fingerprint density at radius 1 is 1.32 bits per heavy atom. The Hall–Kier alpha value is -3.34. The molecule has 1 aromatic carbocycles. The van der Waals surface area contributed by atoms with E-state index in [0.717, 1.165) is 5.56 Å². The van der Waals surface area contributed by atoms with Gasteiger partial charge in [0.2, 0.25) is 0 Å². The van der Waals surface area contributed by atoms with Crippen molar-refractivity contribution in [2.75, 3.05) is 7.11 Å². The third-order valence-corrected chi connectivity index (χ3v) is 3.02. The van der Waals surface area contributed by atoms with Gasteiger partial charge in [-0.05, 0) is 18.2 Å². The molecule has 1 saturated heterocycles. The predicted molar refractivity (Wildman–Crippen MR) is 75.7 cm³/mol. The van der Waals surface area contributed by atoms with Crippen LogP contribution < -0.4 is 15.4 Å². The summed E-state index contributed by atoms with van der Waals surface area (Å²) in [7, 11) is 1.52. The van der Waals surface area contributed by atoms with Crippen LogP contribution in [-0.2, 0) is 4.79 Å². The zero-order valence-electron chi connectivity index (χ0n) is 11.5. The molecule has 1 aliphatic heterocycles. The second kappa shape index (κ2) is 5.57. The van der Waals surface area contributed by atoms with E-state index in [4.69, 9.17) is 4.74 Å². The van der Waals surface area contributed by atoms with Crippen LogP contribution in [0.15, 0.2) is 24.5 Å². The first-order chi connectivity index (χ1) is 10.7. The number of urea groups is 1. The first kappa shape index (κ1) is 13.6. The van der Waals surface area contributed by atoms with E-state index < -0.39 is 18.0 Å². The molecule has 2 heterocycles. The van der Waals surface area contributed by atoms with Crippen molar-refractivity contribution in [3.05, 3.63) is 30.1 Å². The summed E-state index contributed by atoms with van der Waals surface area (Å²) in [6.45, 7) is 0. The van der Waals surface area contributed by atoms with Crippen LogP contribution in [0.5, 0.6) is 5.75 Å². The van der Waals surface area contributed by atoms with Crippen LogP contribution in [0, 0.1) is 11.8 Å². The molecular formula is C14H11N5O3. The molecule has 110 valence electrons. The molecule has 0 radical (unpaired) electrons. The lowest BCUT2D eigenvalue weighted by atomic mass is 10.1. The van der Waals surface area contributed by atoms with Gasteiger partial charge >= 0.3 is 6.03 Å². The molecule has 3 N–H and O–H groups in total. The molecule has 0 saturated carbocycles. The lowest BCUT2D eigenvalue weighted by Crippen LogP contribution is -2.26. The quantitative estimate of drug-likeness (QED) is 0.535. The SMILES string of the molecule is COc1cc(-c2ncn[nH]2)ccc1C#CC1NC(=O)NC1=O. The highest BCUT2D eigenvalue weighted by Gasteiger charge is 2.27. The minimum absolute atomic E-state index is 0.463. The van der Waals surface area contributed by atoms with Crippen LogP contribution in [0.3, 0.4) is 0 Å². The Kier molecular flexibility index (Phi) is 3.45. The highest BCUT2D eigenvalue weighted by molar-refractivity contribution is 6.05. The molecule has 8 nitrogen and oxygen atoms in total. The summed E-state index contributed by atoms with van der Waals surface area (Å²) in [6.07, 6.45) is 1.41. The monoisotopic (exact) mass is 297 g/mol. The van der Waals surface area contributed by atoms with Gasteiger partial charge in [0.05, 0.1) is 12.7 Å². The minimum atomic E-state index is -0.855. The topological polar surface area (TPSA) is 109 Å². The van der Waals surface area contributed by atoms with Crippen molar-refractivity contribution in [1.82, 2.24) is 25.8 Å². The van der Waals surface area contributed by atoms with Gasteiger partial charge in [0.1, 0.15) is 12.1 Å². The summed E-state index contributed by atoms with van der Waals surface area (Å²) < 4.78 is 5.29. The number of nitrogens with one attached hydrogen (secondary N) is 3. The smallest absolute Gasteiger partial charge is 0.322 e. The maximum absolute atomic E-state index is 11.4. The standard InChI is InChI=1S/C14H11N5O3/c1-22-11-6-9(12-15-7-16-19-12)3-2-8(11)4-5-10-13(20)18-14(21)17-10/h2-3,6-7,10H,1H3,(H,15,16,19)(H2,17,18,20,21). The van der Waals surface area contributed by atoms with Crippen molar-refractivity contribution in [2.24, 2.45) is 0 Å². The number of aromatic amines is 1. The number of nitrogens with zero attached hydrogens (tertiary/aromatic N) is 2. The Morgan fingerprint density at radius 3 is 2.82 bits per heavy atom. The molecule has 1 aromatic heterocycles. The van der Waals surface area contributed by atoms with Crippen molar-refractivity contribution >= 4 is 11.9 Å². The third kappa shape index (κ3) is 2.60. The summed E-state index contributed by atoms with van der Waals surface area (Å²) in [5.74, 6) is 6.21. The number of rotatable bonds is 2. The third-order valence-electron chi connectivity index (χ3n) is 3.02. The zero-order valence-corrected chi connectivity index (χ0v) is 11.5. The van der Waals surface area contributed by atoms with E-state index in [-0.39, 0.29) is 0 Å². The summed E-state index contributed by atoms with van der Waals surface area (Å²) in [5.41, 5.74) is 1.39. The van der Waals surface area contributed by atoms with Gasteiger partial charge in [-0.15, -0.1) is 0 Å².